The number of nitrogens with one attached hydrogen (secondary N) is 2. The lowest BCUT2D eigenvalue weighted by molar-refractivity contribution is 0.0847. The second kappa shape index (κ2) is 10.1. The Morgan fingerprint density at radius 3 is 2.58 bits per heavy atom. The SMILES string of the molecule is O=C(NNC(=O)c1ccccc1SCC1CCCO1)c1ccc(-c2ccc(F)cc2)s1. The molecule has 0 saturated carbocycles. The molecule has 2 heterocycles. The molecule has 8 heteroatoms. The molecule has 1 aliphatic rings. The number of carbonyl (C=O) groups excluding carboxylic acids is 2. The zero-order valence-electron chi connectivity index (χ0n) is 16.6. The van der Waals surface area contributed by atoms with Crippen LogP contribution in [-0.2, 0) is 4.74 Å². The van der Waals surface area contributed by atoms with Crippen LogP contribution in [0.2, 0.25) is 0 Å². The topological polar surface area (TPSA) is 67.4 Å². The maximum atomic E-state index is 13.1. The molecule has 4 rings (SSSR count). The summed E-state index contributed by atoms with van der Waals surface area (Å²) in [6.45, 7) is 0.797. The van der Waals surface area contributed by atoms with E-state index >= 15 is 0 Å². The summed E-state index contributed by atoms with van der Waals surface area (Å²) in [4.78, 5) is 27.3. The highest BCUT2D eigenvalue weighted by Crippen LogP contribution is 2.29. The van der Waals surface area contributed by atoms with E-state index in [1.54, 1.807) is 48.2 Å². The van der Waals surface area contributed by atoms with Gasteiger partial charge in [-0.1, -0.05) is 24.3 Å². The molecule has 2 amide bonds. The van der Waals surface area contributed by atoms with Crippen LogP contribution in [0.5, 0.6) is 0 Å². The normalized spacial score (nSPS) is 15.6. The molecular weight excluding hydrogens is 435 g/mol. The Morgan fingerprint density at radius 1 is 1.03 bits per heavy atom. The smallest absolute Gasteiger partial charge is 0.279 e. The number of ether oxygens (including phenoxy) is 1. The number of amides is 2. The Balaban J connectivity index is 1.35. The van der Waals surface area contributed by atoms with Crippen LogP contribution in [0.25, 0.3) is 10.4 Å². The molecule has 1 atom stereocenters. The summed E-state index contributed by atoms with van der Waals surface area (Å²) in [5.41, 5.74) is 6.30. The van der Waals surface area contributed by atoms with Gasteiger partial charge in [0.05, 0.1) is 16.5 Å². The van der Waals surface area contributed by atoms with E-state index in [-0.39, 0.29) is 17.8 Å². The minimum absolute atomic E-state index is 0.218. The number of rotatable bonds is 6. The second-order valence-electron chi connectivity index (χ2n) is 7.02. The van der Waals surface area contributed by atoms with Crippen LogP contribution in [0.1, 0.15) is 32.9 Å². The van der Waals surface area contributed by atoms with Crippen molar-refractivity contribution in [3.8, 4) is 10.4 Å². The number of thiophene rings is 1. The van der Waals surface area contributed by atoms with Gasteiger partial charge < -0.3 is 4.74 Å². The third-order valence-corrected chi connectivity index (χ3v) is 7.17. The Labute approximate surface area is 188 Å². The Hall–Kier alpha value is -2.68. The van der Waals surface area contributed by atoms with Crippen molar-refractivity contribution in [2.24, 2.45) is 0 Å². The van der Waals surface area contributed by atoms with Crippen LogP contribution in [0.3, 0.4) is 0 Å². The summed E-state index contributed by atoms with van der Waals surface area (Å²) < 4.78 is 18.7. The van der Waals surface area contributed by atoms with E-state index < -0.39 is 5.91 Å². The number of hydrogen-bond donors (Lipinski definition) is 2. The first-order chi connectivity index (χ1) is 15.1. The van der Waals surface area contributed by atoms with Gasteiger partial charge in [-0.25, -0.2) is 4.39 Å². The lowest BCUT2D eigenvalue weighted by Gasteiger charge is -2.12. The highest BCUT2D eigenvalue weighted by atomic mass is 32.2. The van der Waals surface area contributed by atoms with Crippen molar-refractivity contribution in [2.75, 3.05) is 12.4 Å². The summed E-state index contributed by atoms with van der Waals surface area (Å²) >= 11 is 2.85. The van der Waals surface area contributed by atoms with Crippen molar-refractivity contribution in [1.29, 1.82) is 0 Å². The molecule has 1 saturated heterocycles. The minimum atomic E-state index is -0.406. The van der Waals surface area contributed by atoms with E-state index in [4.69, 9.17) is 4.74 Å². The maximum Gasteiger partial charge on any atom is 0.279 e. The van der Waals surface area contributed by atoms with E-state index in [1.165, 1.54) is 23.5 Å². The highest BCUT2D eigenvalue weighted by Gasteiger charge is 2.18. The first-order valence-electron chi connectivity index (χ1n) is 9.90. The van der Waals surface area contributed by atoms with Gasteiger partial charge in [0.1, 0.15) is 5.82 Å². The van der Waals surface area contributed by atoms with Gasteiger partial charge in [-0.05, 0) is 54.8 Å². The van der Waals surface area contributed by atoms with Crippen molar-refractivity contribution < 1.29 is 18.7 Å². The van der Waals surface area contributed by atoms with Crippen molar-refractivity contribution in [1.82, 2.24) is 10.9 Å². The fourth-order valence-corrected chi connectivity index (χ4v) is 5.24. The first kappa shape index (κ1) is 21.5. The van der Waals surface area contributed by atoms with E-state index in [1.807, 2.05) is 12.1 Å². The van der Waals surface area contributed by atoms with Gasteiger partial charge >= 0.3 is 0 Å². The Bertz CT molecular complexity index is 1060. The van der Waals surface area contributed by atoms with Crippen LogP contribution in [-0.4, -0.2) is 30.3 Å². The van der Waals surface area contributed by atoms with Crippen LogP contribution in [0, 0.1) is 5.82 Å². The predicted octanol–water partition coefficient (Wildman–Crippen LogP) is 4.90. The van der Waals surface area contributed by atoms with Crippen molar-refractivity contribution >= 4 is 34.9 Å². The van der Waals surface area contributed by atoms with Gasteiger partial charge in [-0.15, -0.1) is 23.1 Å². The minimum Gasteiger partial charge on any atom is -0.377 e. The van der Waals surface area contributed by atoms with Gasteiger partial charge in [0.15, 0.2) is 0 Å². The van der Waals surface area contributed by atoms with E-state index in [9.17, 15) is 14.0 Å². The Morgan fingerprint density at radius 2 is 1.81 bits per heavy atom. The molecule has 0 radical (unpaired) electrons. The van der Waals surface area contributed by atoms with Gasteiger partial charge in [-0.3, -0.25) is 20.4 Å². The summed E-state index contributed by atoms with van der Waals surface area (Å²) in [5, 5.41) is 0. The predicted molar refractivity (Wildman–Crippen MR) is 121 cm³/mol. The van der Waals surface area contributed by atoms with Crippen LogP contribution < -0.4 is 10.9 Å². The van der Waals surface area contributed by atoms with Crippen molar-refractivity contribution in [2.45, 2.75) is 23.8 Å². The molecule has 1 aromatic heterocycles. The molecule has 3 aromatic rings. The molecule has 1 fully saturated rings. The molecule has 1 unspecified atom stereocenters. The van der Waals surface area contributed by atoms with Crippen LogP contribution >= 0.6 is 23.1 Å². The highest BCUT2D eigenvalue weighted by molar-refractivity contribution is 7.99. The van der Waals surface area contributed by atoms with E-state index in [0.717, 1.165) is 40.5 Å². The lowest BCUT2D eigenvalue weighted by atomic mass is 10.2. The summed E-state index contributed by atoms with van der Waals surface area (Å²) in [6.07, 6.45) is 2.33. The van der Waals surface area contributed by atoms with Gasteiger partial charge in [0.2, 0.25) is 0 Å². The summed E-state index contributed by atoms with van der Waals surface area (Å²) in [5.74, 6) is -0.302. The zero-order chi connectivity index (χ0) is 21.6. The number of hydrogen-bond acceptors (Lipinski definition) is 5. The molecule has 0 spiro atoms. The third-order valence-electron chi connectivity index (χ3n) is 4.83. The molecular formula is C23H21FN2O3S2. The fraction of sp³-hybridized carbons (Fsp3) is 0.217. The Kier molecular flexibility index (Phi) is 7.01. The average Bonchev–Trinajstić information content (AvgIpc) is 3.49. The molecule has 0 aliphatic carbocycles. The van der Waals surface area contributed by atoms with Crippen LogP contribution in [0.4, 0.5) is 4.39 Å². The molecule has 0 bridgehead atoms. The second-order valence-corrected chi connectivity index (χ2v) is 9.17. The zero-order valence-corrected chi connectivity index (χ0v) is 18.2. The number of benzene rings is 2. The molecule has 31 heavy (non-hydrogen) atoms. The fourth-order valence-electron chi connectivity index (χ4n) is 3.21. The number of carbonyl (C=O) groups is 2. The summed E-state index contributed by atoms with van der Waals surface area (Å²) in [7, 11) is 0. The van der Waals surface area contributed by atoms with Gasteiger partial charge in [-0.2, -0.15) is 0 Å². The summed E-state index contributed by atoms with van der Waals surface area (Å²) in [6, 6.07) is 16.9. The molecule has 2 aromatic carbocycles. The van der Waals surface area contributed by atoms with Gasteiger partial charge in [0.25, 0.3) is 11.8 Å². The lowest BCUT2D eigenvalue weighted by Crippen LogP contribution is -2.41. The van der Waals surface area contributed by atoms with E-state index in [2.05, 4.69) is 10.9 Å². The number of hydrazine groups is 1. The largest absolute Gasteiger partial charge is 0.377 e. The average molecular weight is 457 g/mol. The molecule has 1 aliphatic heterocycles. The monoisotopic (exact) mass is 456 g/mol. The molecule has 2 N–H and O–H groups in total. The van der Waals surface area contributed by atoms with Crippen molar-refractivity contribution in [3.05, 3.63) is 76.9 Å². The third kappa shape index (κ3) is 5.52. The van der Waals surface area contributed by atoms with E-state index in [0.29, 0.717) is 10.4 Å². The standard InChI is InChI=1S/C23H21FN2O3S2/c24-16-9-7-15(8-10-16)19-11-12-21(31-19)23(28)26-25-22(27)18-5-1-2-6-20(18)30-14-17-4-3-13-29-17/h1-2,5-12,17H,3-4,13-14H2,(H,25,27)(H,26,28). The maximum absolute atomic E-state index is 13.1. The van der Waals surface area contributed by atoms with Crippen molar-refractivity contribution in [3.63, 3.8) is 0 Å². The number of halogens is 1. The quantitative estimate of drug-likeness (QED) is 0.409. The van der Waals surface area contributed by atoms with Gasteiger partial charge in [0, 0.05) is 22.1 Å². The first-order valence-corrected chi connectivity index (χ1v) is 11.7. The number of thioether (sulfide) groups is 1. The molecule has 5 nitrogen and oxygen atoms in total. The molecule has 160 valence electrons. The van der Waals surface area contributed by atoms with Crippen LogP contribution in [0.15, 0.2) is 65.6 Å².